The summed E-state index contributed by atoms with van der Waals surface area (Å²) in [4.78, 5) is 6.87. The highest BCUT2D eigenvalue weighted by Gasteiger charge is 2.37. The van der Waals surface area contributed by atoms with Gasteiger partial charge in [-0.25, -0.2) is 0 Å². The minimum atomic E-state index is 0.540. The molecule has 2 aliphatic rings. The Kier molecular flexibility index (Phi) is 3.25. The molecule has 3 rings (SSSR count). The van der Waals surface area contributed by atoms with Gasteiger partial charge in [0.15, 0.2) is 0 Å². The Bertz CT molecular complexity index is 445. The number of nitrogens with two attached hydrogens (primary N) is 1. The fourth-order valence-corrected chi connectivity index (χ4v) is 3.62. The van der Waals surface area contributed by atoms with Gasteiger partial charge in [-0.15, -0.1) is 0 Å². The standard InChI is InChI=1S/C15H23N3O/c1-19-14-12(16)4-5-13(17-14)18-10-8-15(9-11-18)6-2-3-7-15/h4-5H,2-3,6-11,16H2,1H3. The Hall–Kier alpha value is -1.45. The van der Waals surface area contributed by atoms with Crippen LogP contribution >= 0.6 is 0 Å². The van der Waals surface area contributed by atoms with Crippen LogP contribution in [0.25, 0.3) is 0 Å². The lowest BCUT2D eigenvalue weighted by molar-refractivity contribution is 0.226. The van der Waals surface area contributed by atoms with Gasteiger partial charge >= 0.3 is 0 Å². The summed E-state index contributed by atoms with van der Waals surface area (Å²) in [6, 6.07) is 3.89. The molecule has 0 radical (unpaired) electrons. The summed E-state index contributed by atoms with van der Waals surface area (Å²) >= 11 is 0. The van der Waals surface area contributed by atoms with Crippen molar-refractivity contribution in [3.05, 3.63) is 12.1 Å². The second kappa shape index (κ2) is 4.91. The van der Waals surface area contributed by atoms with Crippen molar-refractivity contribution in [2.75, 3.05) is 30.8 Å². The maximum Gasteiger partial charge on any atom is 0.238 e. The van der Waals surface area contributed by atoms with E-state index in [0.29, 0.717) is 17.0 Å². The first-order valence-electron chi connectivity index (χ1n) is 7.28. The molecule has 2 N–H and O–H groups in total. The van der Waals surface area contributed by atoms with E-state index in [1.54, 1.807) is 7.11 Å². The molecule has 0 amide bonds. The van der Waals surface area contributed by atoms with Crippen LogP contribution in [0.4, 0.5) is 11.5 Å². The third-order valence-electron chi connectivity index (χ3n) is 4.88. The van der Waals surface area contributed by atoms with E-state index >= 15 is 0 Å². The van der Waals surface area contributed by atoms with Crippen molar-refractivity contribution in [1.29, 1.82) is 0 Å². The fraction of sp³-hybridized carbons (Fsp3) is 0.667. The normalized spacial score (nSPS) is 21.8. The predicted octanol–water partition coefficient (Wildman–Crippen LogP) is 2.83. The number of ether oxygens (including phenoxy) is 1. The maximum atomic E-state index is 5.82. The van der Waals surface area contributed by atoms with Crippen molar-refractivity contribution in [3.63, 3.8) is 0 Å². The number of pyridine rings is 1. The smallest absolute Gasteiger partial charge is 0.238 e. The number of piperidine rings is 1. The zero-order valence-corrected chi connectivity index (χ0v) is 11.7. The summed E-state index contributed by atoms with van der Waals surface area (Å²) in [5.41, 5.74) is 7.07. The van der Waals surface area contributed by atoms with Gasteiger partial charge in [-0.2, -0.15) is 4.98 Å². The van der Waals surface area contributed by atoms with Crippen LogP contribution in [-0.2, 0) is 0 Å². The fourth-order valence-electron chi connectivity index (χ4n) is 3.62. The summed E-state index contributed by atoms with van der Waals surface area (Å²) in [5, 5.41) is 0. The topological polar surface area (TPSA) is 51.4 Å². The van der Waals surface area contributed by atoms with Gasteiger partial charge in [0.1, 0.15) is 5.82 Å². The summed E-state index contributed by atoms with van der Waals surface area (Å²) in [6.45, 7) is 2.22. The molecule has 1 saturated carbocycles. The van der Waals surface area contributed by atoms with Crippen molar-refractivity contribution in [2.24, 2.45) is 5.41 Å². The van der Waals surface area contributed by atoms with E-state index in [9.17, 15) is 0 Å². The van der Waals surface area contributed by atoms with Gasteiger partial charge in [0, 0.05) is 13.1 Å². The van der Waals surface area contributed by atoms with E-state index in [1.165, 1.54) is 38.5 Å². The van der Waals surface area contributed by atoms with Crippen molar-refractivity contribution < 1.29 is 4.74 Å². The van der Waals surface area contributed by atoms with Crippen LogP contribution in [0.2, 0.25) is 0 Å². The number of methoxy groups -OCH3 is 1. The van der Waals surface area contributed by atoms with Gasteiger partial charge in [-0.3, -0.25) is 0 Å². The van der Waals surface area contributed by atoms with Crippen molar-refractivity contribution >= 4 is 11.5 Å². The predicted molar refractivity (Wildman–Crippen MR) is 77.5 cm³/mol. The lowest BCUT2D eigenvalue weighted by Crippen LogP contribution is -2.39. The minimum absolute atomic E-state index is 0.540. The number of nitrogen functional groups attached to an aromatic ring is 1. The summed E-state index contributed by atoms with van der Waals surface area (Å²) < 4.78 is 5.21. The van der Waals surface area contributed by atoms with Crippen LogP contribution in [0, 0.1) is 5.41 Å². The summed E-state index contributed by atoms with van der Waals surface area (Å²) in [7, 11) is 1.62. The largest absolute Gasteiger partial charge is 0.479 e. The van der Waals surface area contributed by atoms with Gasteiger partial charge < -0.3 is 15.4 Å². The molecule has 1 aromatic rings. The van der Waals surface area contributed by atoms with Crippen molar-refractivity contribution in [1.82, 2.24) is 4.98 Å². The van der Waals surface area contributed by atoms with E-state index in [2.05, 4.69) is 9.88 Å². The molecule has 1 spiro atoms. The molecular weight excluding hydrogens is 238 g/mol. The quantitative estimate of drug-likeness (QED) is 0.889. The Morgan fingerprint density at radius 3 is 2.47 bits per heavy atom. The maximum absolute atomic E-state index is 5.82. The number of nitrogens with zero attached hydrogens (tertiary/aromatic N) is 2. The first-order valence-corrected chi connectivity index (χ1v) is 7.28. The molecule has 0 unspecified atom stereocenters. The lowest BCUT2D eigenvalue weighted by atomic mass is 9.77. The van der Waals surface area contributed by atoms with Crippen LogP contribution in [0.15, 0.2) is 12.1 Å². The Labute approximate surface area is 115 Å². The van der Waals surface area contributed by atoms with E-state index in [-0.39, 0.29) is 0 Å². The van der Waals surface area contributed by atoms with Crippen LogP contribution in [0.3, 0.4) is 0 Å². The molecule has 1 saturated heterocycles. The average molecular weight is 261 g/mol. The molecule has 1 aliphatic heterocycles. The van der Waals surface area contributed by atoms with E-state index in [4.69, 9.17) is 10.5 Å². The summed E-state index contributed by atoms with van der Waals surface area (Å²) in [5.74, 6) is 1.54. The highest BCUT2D eigenvalue weighted by molar-refractivity contribution is 5.54. The van der Waals surface area contributed by atoms with Gasteiger partial charge in [-0.1, -0.05) is 12.8 Å². The average Bonchev–Trinajstić information content (AvgIpc) is 2.89. The van der Waals surface area contributed by atoms with E-state index < -0.39 is 0 Å². The SMILES string of the molecule is COc1nc(N2CCC3(CCCC3)CC2)ccc1N. The molecule has 1 aliphatic carbocycles. The second-order valence-electron chi connectivity index (χ2n) is 5.96. The molecule has 0 aromatic carbocycles. The minimum Gasteiger partial charge on any atom is -0.479 e. The van der Waals surface area contributed by atoms with Crippen LogP contribution in [0.1, 0.15) is 38.5 Å². The van der Waals surface area contributed by atoms with Gasteiger partial charge in [0.05, 0.1) is 12.8 Å². The van der Waals surface area contributed by atoms with E-state index in [1.807, 2.05) is 12.1 Å². The van der Waals surface area contributed by atoms with Crippen LogP contribution in [-0.4, -0.2) is 25.2 Å². The highest BCUT2D eigenvalue weighted by Crippen LogP contribution is 2.46. The third-order valence-corrected chi connectivity index (χ3v) is 4.88. The number of hydrogen-bond acceptors (Lipinski definition) is 4. The Morgan fingerprint density at radius 1 is 1.16 bits per heavy atom. The Morgan fingerprint density at radius 2 is 1.84 bits per heavy atom. The molecule has 2 fully saturated rings. The van der Waals surface area contributed by atoms with Crippen LogP contribution < -0.4 is 15.4 Å². The second-order valence-corrected chi connectivity index (χ2v) is 5.96. The van der Waals surface area contributed by atoms with E-state index in [0.717, 1.165) is 18.9 Å². The molecule has 4 nitrogen and oxygen atoms in total. The zero-order valence-electron chi connectivity index (χ0n) is 11.7. The number of aromatic nitrogens is 1. The Balaban J connectivity index is 1.71. The molecule has 104 valence electrons. The molecule has 2 heterocycles. The lowest BCUT2D eigenvalue weighted by Gasteiger charge is -2.40. The van der Waals surface area contributed by atoms with Crippen molar-refractivity contribution in [2.45, 2.75) is 38.5 Å². The third kappa shape index (κ3) is 2.36. The molecule has 0 bridgehead atoms. The zero-order chi connectivity index (χ0) is 13.3. The molecule has 4 heteroatoms. The first kappa shape index (κ1) is 12.6. The molecule has 0 atom stereocenters. The number of anilines is 2. The molecule has 19 heavy (non-hydrogen) atoms. The van der Waals surface area contributed by atoms with Gasteiger partial charge in [0.2, 0.25) is 5.88 Å². The summed E-state index contributed by atoms with van der Waals surface area (Å²) in [6.07, 6.45) is 8.32. The van der Waals surface area contributed by atoms with Gasteiger partial charge in [-0.05, 0) is 43.2 Å². The number of hydrogen-bond donors (Lipinski definition) is 1. The molecule has 1 aromatic heterocycles. The molecular formula is C15H23N3O. The first-order chi connectivity index (χ1) is 9.22. The van der Waals surface area contributed by atoms with Gasteiger partial charge in [0.25, 0.3) is 0 Å². The monoisotopic (exact) mass is 261 g/mol. The number of rotatable bonds is 2. The van der Waals surface area contributed by atoms with Crippen LogP contribution in [0.5, 0.6) is 5.88 Å². The van der Waals surface area contributed by atoms with Crippen molar-refractivity contribution in [3.8, 4) is 5.88 Å². The highest BCUT2D eigenvalue weighted by atomic mass is 16.5.